The molecule has 0 saturated heterocycles. The first-order valence-electron chi connectivity index (χ1n) is 9.23. The second-order valence-electron chi connectivity index (χ2n) is 6.48. The number of amides is 1. The molecule has 2 N–H and O–H groups in total. The molecule has 1 amide bonds. The van der Waals surface area contributed by atoms with Crippen molar-refractivity contribution in [2.45, 2.75) is 32.5 Å². The molecule has 0 aliphatic carbocycles. The predicted molar refractivity (Wildman–Crippen MR) is 115 cm³/mol. The minimum Gasteiger partial charge on any atom is -0.508 e. The highest BCUT2D eigenvalue weighted by Crippen LogP contribution is 2.24. The quantitative estimate of drug-likeness (QED) is 0.353. The molecule has 0 saturated carbocycles. The highest BCUT2D eigenvalue weighted by molar-refractivity contribution is 7.99. The van der Waals surface area contributed by atoms with E-state index in [2.05, 4.69) is 20.7 Å². The van der Waals surface area contributed by atoms with Crippen molar-refractivity contribution >= 4 is 23.4 Å². The van der Waals surface area contributed by atoms with Crippen LogP contribution in [0.4, 0.5) is 0 Å². The van der Waals surface area contributed by atoms with Gasteiger partial charge >= 0.3 is 0 Å². The van der Waals surface area contributed by atoms with E-state index in [0.717, 1.165) is 17.0 Å². The van der Waals surface area contributed by atoms with E-state index in [1.807, 2.05) is 42.7 Å². The Balaban J connectivity index is 1.62. The molecule has 3 rings (SSSR count). The van der Waals surface area contributed by atoms with Gasteiger partial charge in [-0.15, -0.1) is 10.2 Å². The van der Waals surface area contributed by atoms with Crippen molar-refractivity contribution in [2.24, 2.45) is 5.10 Å². The average Bonchev–Trinajstić information content (AvgIpc) is 3.14. The van der Waals surface area contributed by atoms with Gasteiger partial charge in [-0.1, -0.05) is 41.6 Å². The van der Waals surface area contributed by atoms with Gasteiger partial charge in [0.1, 0.15) is 5.75 Å². The summed E-state index contributed by atoms with van der Waals surface area (Å²) in [4.78, 5) is 12.2. The summed E-state index contributed by atoms with van der Waals surface area (Å²) in [6.45, 7) is 6.57. The lowest BCUT2D eigenvalue weighted by Crippen LogP contribution is -2.21. The van der Waals surface area contributed by atoms with Gasteiger partial charge in [-0.3, -0.25) is 4.79 Å². The van der Waals surface area contributed by atoms with Gasteiger partial charge < -0.3 is 9.67 Å². The van der Waals surface area contributed by atoms with Gasteiger partial charge in [-0.2, -0.15) is 5.10 Å². The van der Waals surface area contributed by atoms with Crippen molar-refractivity contribution in [2.75, 3.05) is 5.75 Å². The summed E-state index contributed by atoms with van der Waals surface area (Å²) in [5.41, 5.74) is 6.22. The normalized spacial score (nSPS) is 11.5. The first kappa shape index (κ1) is 20.6. The standard InChI is InChI=1S/C21H23N5O2S/c1-4-26-20(17-7-5-14(2)6-8-17)24-25-21(26)29-13-19(28)23-22-15(3)16-9-11-18(27)12-10-16/h5-12,27H,4,13H2,1-3H3,(H,23,28). The first-order valence-corrected chi connectivity index (χ1v) is 10.2. The Hall–Kier alpha value is -3.13. The SMILES string of the molecule is CCn1c(SCC(=O)NN=C(C)c2ccc(O)cc2)nnc1-c1ccc(C)cc1. The number of phenolic OH excluding ortho intramolecular Hbond substituents is 1. The largest absolute Gasteiger partial charge is 0.508 e. The third-order valence-corrected chi connectivity index (χ3v) is 5.28. The summed E-state index contributed by atoms with van der Waals surface area (Å²) < 4.78 is 1.99. The molecule has 0 unspecified atom stereocenters. The Kier molecular flexibility index (Phi) is 6.66. The number of nitrogens with zero attached hydrogens (tertiary/aromatic N) is 4. The lowest BCUT2D eigenvalue weighted by atomic mass is 10.1. The van der Waals surface area contributed by atoms with E-state index in [-0.39, 0.29) is 17.4 Å². The molecule has 1 aromatic heterocycles. The number of nitrogens with one attached hydrogen (secondary N) is 1. The Bertz CT molecular complexity index is 1010. The van der Waals surface area contributed by atoms with Crippen molar-refractivity contribution in [1.29, 1.82) is 0 Å². The van der Waals surface area contributed by atoms with Gasteiger partial charge in [0, 0.05) is 12.1 Å². The number of phenols is 1. The van der Waals surface area contributed by atoms with Crippen LogP contribution in [-0.4, -0.2) is 37.2 Å². The second kappa shape index (κ2) is 9.38. The van der Waals surface area contributed by atoms with Gasteiger partial charge in [-0.25, -0.2) is 5.43 Å². The Labute approximate surface area is 173 Å². The molecule has 29 heavy (non-hydrogen) atoms. The summed E-state index contributed by atoms with van der Waals surface area (Å²) in [5.74, 6) is 0.928. The van der Waals surface area contributed by atoms with Gasteiger partial charge in [-0.05, 0) is 50.6 Å². The number of hydrazone groups is 1. The number of hydrogen-bond acceptors (Lipinski definition) is 6. The molecule has 0 atom stereocenters. The fourth-order valence-corrected chi connectivity index (χ4v) is 3.47. The highest BCUT2D eigenvalue weighted by Gasteiger charge is 2.14. The molecule has 150 valence electrons. The second-order valence-corrected chi connectivity index (χ2v) is 7.43. The number of thioether (sulfide) groups is 1. The van der Waals surface area contributed by atoms with Crippen LogP contribution in [0.15, 0.2) is 58.8 Å². The number of rotatable bonds is 7. The summed E-state index contributed by atoms with van der Waals surface area (Å²) >= 11 is 1.32. The molecule has 8 heteroatoms. The van der Waals surface area contributed by atoms with Crippen LogP contribution in [-0.2, 0) is 11.3 Å². The van der Waals surface area contributed by atoms with E-state index < -0.39 is 0 Å². The van der Waals surface area contributed by atoms with E-state index in [9.17, 15) is 9.90 Å². The number of benzene rings is 2. The molecule has 3 aromatic rings. The summed E-state index contributed by atoms with van der Waals surface area (Å²) in [7, 11) is 0. The molecule has 0 radical (unpaired) electrons. The lowest BCUT2D eigenvalue weighted by Gasteiger charge is -2.07. The van der Waals surface area contributed by atoms with Crippen molar-refractivity contribution in [3.05, 3.63) is 59.7 Å². The minimum absolute atomic E-state index is 0.179. The van der Waals surface area contributed by atoms with Crippen LogP contribution in [0.25, 0.3) is 11.4 Å². The maximum atomic E-state index is 12.2. The number of carbonyl (C=O) groups is 1. The van der Waals surface area contributed by atoms with Gasteiger partial charge in [0.05, 0.1) is 11.5 Å². The molecule has 0 aliphatic rings. The van der Waals surface area contributed by atoms with Crippen molar-refractivity contribution in [3.63, 3.8) is 0 Å². The molecule has 2 aromatic carbocycles. The maximum absolute atomic E-state index is 12.2. The Morgan fingerprint density at radius 3 is 2.48 bits per heavy atom. The Morgan fingerprint density at radius 1 is 1.14 bits per heavy atom. The first-order chi connectivity index (χ1) is 14.0. The van der Waals surface area contributed by atoms with Crippen molar-refractivity contribution in [1.82, 2.24) is 20.2 Å². The van der Waals surface area contributed by atoms with E-state index in [1.165, 1.54) is 17.3 Å². The lowest BCUT2D eigenvalue weighted by molar-refractivity contribution is -0.118. The zero-order valence-corrected chi connectivity index (χ0v) is 17.4. The predicted octanol–water partition coefficient (Wildman–Crippen LogP) is 3.61. The van der Waals surface area contributed by atoms with E-state index in [1.54, 1.807) is 31.2 Å². The highest BCUT2D eigenvalue weighted by atomic mass is 32.2. The topological polar surface area (TPSA) is 92.4 Å². The van der Waals surface area contributed by atoms with Crippen LogP contribution in [0, 0.1) is 6.92 Å². The zero-order chi connectivity index (χ0) is 20.8. The number of aromatic nitrogens is 3. The van der Waals surface area contributed by atoms with Crippen LogP contribution in [0.1, 0.15) is 25.0 Å². The van der Waals surface area contributed by atoms with Crippen LogP contribution in [0.5, 0.6) is 5.75 Å². The third-order valence-electron chi connectivity index (χ3n) is 4.31. The van der Waals surface area contributed by atoms with Gasteiger partial charge in [0.2, 0.25) is 0 Å². The third kappa shape index (κ3) is 5.23. The molecule has 0 aliphatic heterocycles. The number of carbonyl (C=O) groups excluding carboxylic acids is 1. The summed E-state index contributed by atoms with van der Waals surface area (Å²) in [6, 6.07) is 14.8. The minimum atomic E-state index is -0.226. The van der Waals surface area contributed by atoms with E-state index >= 15 is 0 Å². The molecule has 0 bridgehead atoms. The number of aryl methyl sites for hydroxylation is 1. The van der Waals surface area contributed by atoms with Crippen molar-refractivity contribution < 1.29 is 9.90 Å². The maximum Gasteiger partial charge on any atom is 0.250 e. The Morgan fingerprint density at radius 2 is 1.83 bits per heavy atom. The molecule has 0 spiro atoms. The molecule has 1 heterocycles. The van der Waals surface area contributed by atoms with Crippen LogP contribution >= 0.6 is 11.8 Å². The number of aromatic hydroxyl groups is 1. The van der Waals surface area contributed by atoms with Gasteiger partial charge in [0.25, 0.3) is 5.91 Å². The molecule has 0 fully saturated rings. The molecular weight excluding hydrogens is 386 g/mol. The number of hydrogen-bond donors (Lipinski definition) is 2. The zero-order valence-electron chi connectivity index (χ0n) is 16.6. The van der Waals surface area contributed by atoms with Crippen LogP contribution in [0.3, 0.4) is 0 Å². The van der Waals surface area contributed by atoms with Crippen molar-refractivity contribution in [3.8, 4) is 17.1 Å². The summed E-state index contributed by atoms with van der Waals surface area (Å²) in [5, 5.41) is 22.7. The van der Waals surface area contributed by atoms with E-state index in [0.29, 0.717) is 17.4 Å². The average molecular weight is 410 g/mol. The monoisotopic (exact) mass is 409 g/mol. The molecular formula is C21H23N5O2S. The fourth-order valence-electron chi connectivity index (χ4n) is 2.67. The van der Waals surface area contributed by atoms with E-state index in [4.69, 9.17) is 0 Å². The fraction of sp³-hybridized carbons (Fsp3) is 0.238. The molecule has 7 nitrogen and oxygen atoms in total. The van der Waals surface area contributed by atoms with Crippen LogP contribution in [0.2, 0.25) is 0 Å². The van der Waals surface area contributed by atoms with Crippen LogP contribution < -0.4 is 5.43 Å². The smallest absolute Gasteiger partial charge is 0.250 e. The van der Waals surface area contributed by atoms with Gasteiger partial charge in [0.15, 0.2) is 11.0 Å². The summed E-state index contributed by atoms with van der Waals surface area (Å²) in [6.07, 6.45) is 0.